The summed E-state index contributed by atoms with van der Waals surface area (Å²) in [5.41, 5.74) is 3.28. The molecule has 0 aliphatic carbocycles. The summed E-state index contributed by atoms with van der Waals surface area (Å²) in [4.78, 5) is 17.2. The van der Waals surface area contributed by atoms with E-state index in [4.69, 9.17) is 23.2 Å². The van der Waals surface area contributed by atoms with Crippen molar-refractivity contribution in [2.24, 2.45) is 0 Å². The maximum absolute atomic E-state index is 12.7. The molecule has 23 heavy (non-hydrogen) atoms. The second kappa shape index (κ2) is 6.15. The van der Waals surface area contributed by atoms with Gasteiger partial charge in [-0.2, -0.15) is 0 Å². The molecule has 118 valence electrons. The molecule has 7 heteroatoms. The van der Waals surface area contributed by atoms with Crippen LogP contribution in [-0.2, 0) is 0 Å². The molecule has 3 rings (SSSR count). The van der Waals surface area contributed by atoms with Gasteiger partial charge in [-0.05, 0) is 53.5 Å². The third-order valence-corrected chi connectivity index (χ3v) is 4.71. The van der Waals surface area contributed by atoms with Gasteiger partial charge in [-0.15, -0.1) is 0 Å². The standard InChI is InChI=1S/C16H12BrCl2N3O/c1-8-6-10(17)7-22-14(9(2)20-15(8)22)16(23)21-12-5-3-4-11(18)13(12)19/h3-7H,1-2H3,(H,21,23). The highest BCUT2D eigenvalue weighted by molar-refractivity contribution is 9.10. The number of hydrogen-bond acceptors (Lipinski definition) is 2. The summed E-state index contributed by atoms with van der Waals surface area (Å²) < 4.78 is 2.64. The first kappa shape index (κ1) is 16.3. The van der Waals surface area contributed by atoms with Crippen molar-refractivity contribution in [3.63, 3.8) is 0 Å². The Bertz CT molecular complexity index is 937. The van der Waals surface area contributed by atoms with Crippen LogP contribution in [0.2, 0.25) is 10.0 Å². The average molecular weight is 413 g/mol. The molecule has 2 aromatic heterocycles. The number of carbonyl (C=O) groups is 1. The van der Waals surface area contributed by atoms with E-state index in [1.807, 2.05) is 19.2 Å². The lowest BCUT2D eigenvalue weighted by Crippen LogP contribution is -2.16. The molecule has 0 unspecified atom stereocenters. The van der Waals surface area contributed by atoms with Crippen molar-refractivity contribution in [3.8, 4) is 0 Å². The number of aromatic nitrogens is 2. The highest BCUT2D eigenvalue weighted by atomic mass is 79.9. The summed E-state index contributed by atoms with van der Waals surface area (Å²) in [6.07, 6.45) is 1.82. The number of benzene rings is 1. The minimum Gasteiger partial charge on any atom is -0.319 e. The number of amides is 1. The van der Waals surface area contributed by atoms with Crippen LogP contribution in [0, 0.1) is 13.8 Å². The predicted molar refractivity (Wildman–Crippen MR) is 96.8 cm³/mol. The first-order valence-electron chi connectivity index (χ1n) is 6.78. The van der Waals surface area contributed by atoms with E-state index in [0.29, 0.717) is 27.1 Å². The van der Waals surface area contributed by atoms with Crippen molar-refractivity contribution >= 4 is 56.4 Å². The quantitative estimate of drug-likeness (QED) is 0.622. The second-order valence-electron chi connectivity index (χ2n) is 5.14. The van der Waals surface area contributed by atoms with Crippen molar-refractivity contribution in [1.82, 2.24) is 9.38 Å². The van der Waals surface area contributed by atoms with Gasteiger partial charge < -0.3 is 5.32 Å². The van der Waals surface area contributed by atoms with Crippen molar-refractivity contribution in [3.05, 3.63) is 61.9 Å². The molecule has 1 N–H and O–H groups in total. The number of fused-ring (bicyclic) bond motifs is 1. The SMILES string of the molecule is Cc1nc2c(C)cc(Br)cn2c1C(=O)Nc1cccc(Cl)c1Cl. The zero-order valence-electron chi connectivity index (χ0n) is 12.3. The molecule has 0 radical (unpaired) electrons. The molecule has 0 saturated carbocycles. The van der Waals surface area contributed by atoms with Gasteiger partial charge in [0.05, 0.1) is 21.4 Å². The lowest BCUT2D eigenvalue weighted by molar-refractivity contribution is 0.102. The van der Waals surface area contributed by atoms with Gasteiger partial charge in [-0.1, -0.05) is 29.3 Å². The maximum atomic E-state index is 12.7. The topological polar surface area (TPSA) is 46.4 Å². The number of carbonyl (C=O) groups excluding carboxylic acids is 1. The first-order valence-corrected chi connectivity index (χ1v) is 8.33. The van der Waals surface area contributed by atoms with E-state index < -0.39 is 0 Å². The lowest BCUT2D eigenvalue weighted by Gasteiger charge is -2.09. The number of aryl methyl sites for hydroxylation is 2. The summed E-state index contributed by atoms with van der Waals surface area (Å²) >= 11 is 15.6. The highest BCUT2D eigenvalue weighted by Crippen LogP contribution is 2.30. The van der Waals surface area contributed by atoms with Crippen molar-refractivity contribution in [2.75, 3.05) is 5.32 Å². The summed E-state index contributed by atoms with van der Waals surface area (Å²) in [5.74, 6) is -0.295. The fraction of sp³-hybridized carbons (Fsp3) is 0.125. The molecule has 0 aliphatic rings. The minimum absolute atomic E-state index is 0.295. The molecular formula is C16H12BrCl2N3O. The van der Waals surface area contributed by atoms with E-state index in [1.165, 1.54) is 0 Å². The summed E-state index contributed by atoms with van der Waals surface area (Å²) in [5, 5.41) is 3.49. The fourth-order valence-electron chi connectivity index (χ4n) is 2.44. The Morgan fingerprint density at radius 3 is 2.78 bits per heavy atom. The normalized spacial score (nSPS) is 11.0. The van der Waals surface area contributed by atoms with Crippen LogP contribution in [0.15, 0.2) is 34.9 Å². The fourth-order valence-corrected chi connectivity index (χ4v) is 3.33. The van der Waals surface area contributed by atoms with E-state index in [0.717, 1.165) is 15.7 Å². The Morgan fingerprint density at radius 2 is 2.04 bits per heavy atom. The van der Waals surface area contributed by atoms with Crippen LogP contribution in [0.3, 0.4) is 0 Å². The zero-order valence-corrected chi connectivity index (χ0v) is 15.4. The largest absolute Gasteiger partial charge is 0.319 e. The number of hydrogen-bond donors (Lipinski definition) is 1. The number of nitrogens with one attached hydrogen (secondary N) is 1. The van der Waals surface area contributed by atoms with Gasteiger partial charge in [0, 0.05) is 10.7 Å². The molecule has 3 aromatic rings. The maximum Gasteiger partial charge on any atom is 0.274 e. The number of anilines is 1. The average Bonchev–Trinajstić information content (AvgIpc) is 2.80. The van der Waals surface area contributed by atoms with E-state index in [1.54, 1.807) is 29.5 Å². The number of pyridine rings is 1. The van der Waals surface area contributed by atoms with Crippen molar-refractivity contribution < 1.29 is 4.79 Å². The van der Waals surface area contributed by atoms with Gasteiger partial charge in [0.25, 0.3) is 5.91 Å². The number of nitrogens with zero attached hydrogens (tertiary/aromatic N) is 2. The Morgan fingerprint density at radius 1 is 1.30 bits per heavy atom. The Kier molecular flexibility index (Phi) is 4.36. The van der Waals surface area contributed by atoms with Gasteiger partial charge in [0.2, 0.25) is 0 Å². The molecule has 1 amide bonds. The monoisotopic (exact) mass is 411 g/mol. The van der Waals surface area contributed by atoms with Crippen LogP contribution in [0.5, 0.6) is 0 Å². The van der Waals surface area contributed by atoms with Gasteiger partial charge in [0.1, 0.15) is 11.3 Å². The van der Waals surface area contributed by atoms with Crippen molar-refractivity contribution in [1.29, 1.82) is 0 Å². The van der Waals surface area contributed by atoms with Gasteiger partial charge in [0.15, 0.2) is 0 Å². The number of halogens is 3. The summed E-state index contributed by atoms with van der Waals surface area (Å²) in [6, 6.07) is 7.05. The van der Waals surface area contributed by atoms with Crippen LogP contribution in [0.4, 0.5) is 5.69 Å². The van der Waals surface area contributed by atoms with E-state index in [9.17, 15) is 4.79 Å². The van der Waals surface area contributed by atoms with Gasteiger partial charge in [-0.3, -0.25) is 9.20 Å². The molecular weight excluding hydrogens is 401 g/mol. The predicted octanol–water partition coefficient (Wildman–Crippen LogP) is 5.27. The molecule has 0 spiro atoms. The molecule has 0 saturated heterocycles. The highest BCUT2D eigenvalue weighted by Gasteiger charge is 2.19. The smallest absolute Gasteiger partial charge is 0.274 e. The zero-order chi connectivity index (χ0) is 16.7. The van der Waals surface area contributed by atoms with E-state index in [-0.39, 0.29) is 5.91 Å². The van der Waals surface area contributed by atoms with Crippen LogP contribution in [0.25, 0.3) is 5.65 Å². The van der Waals surface area contributed by atoms with Crippen LogP contribution >= 0.6 is 39.1 Å². The Balaban J connectivity index is 2.08. The van der Waals surface area contributed by atoms with E-state index in [2.05, 4.69) is 26.2 Å². The summed E-state index contributed by atoms with van der Waals surface area (Å²) in [6.45, 7) is 3.75. The second-order valence-corrected chi connectivity index (χ2v) is 6.84. The first-order chi connectivity index (χ1) is 10.9. The third kappa shape index (κ3) is 2.96. The lowest BCUT2D eigenvalue weighted by atomic mass is 10.2. The van der Waals surface area contributed by atoms with Crippen molar-refractivity contribution in [2.45, 2.75) is 13.8 Å². The Hall–Kier alpha value is -1.56. The molecule has 0 bridgehead atoms. The van der Waals surface area contributed by atoms with Crippen LogP contribution < -0.4 is 5.32 Å². The molecule has 0 aliphatic heterocycles. The molecule has 1 aromatic carbocycles. The molecule has 4 nitrogen and oxygen atoms in total. The molecule has 0 fully saturated rings. The molecule has 2 heterocycles. The van der Waals surface area contributed by atoms with E-state index >= 15 is 0 Å². The number of imidazole rings is 1. The number of rotatable bonds is 2. The molecule has 0 atom stereocenters. The Labute approximate surface area is 151 Å². The van der Waals surface area contributed by atoms with Crippen LogP contribution in [-0.4, -0.2) is 15.3 Å². The summed E-state index contributed by atoms with van der Waals surface area (Å²) in [7, 11) is 0. The van der Waals surface area contributed by atoms with Crippen LogP contribution in [0.1, 0.15) is 21.7 Å². The van der Waals surface area contributed by atoms with Gasteiger partial charge >= 0.3 is 0 Å². The third-order valence-electron chi connectivity index (χ3n) is 3.46. The van der Waals surface area contributed by atoms with Gasteiger partial charge in [-0.25, -0.2) is 4.98 Å². The minimum atomic E-state index is -0.295.